The molecule has 19 unspecified atom stereocenters. The van der Waals surface area contributed by atoms with Gasteiger partial charge in [0.1, 0.15) is 48.1 Å². The lowest BCUT2D eigenvalue weighted by molar-refractivity contribution is -0.338. The fraction of sp³-hybridized carbons (Fsp3) is 0.623. The van der Waals surface area contributed by atoms with E-state index < -0.39 is 71.4 Å². The van der Waals surface area contributed by atoms with Gasteiger partial charge in [-0.05, 0) is 183 Å². The molecule has 1 aromatic heterocycles. The van der Waals surface area contributed by atoms with Crippen LogP contribution in [-0.2, 0) is 31.8 Å². The zero-order valence-electron chi connectivity index (χ0n) is 48.8. The van der Waals surface area contributed by atoms with Crippen molar-refractivity contribution >= 4 is 5.97 Å². The Balaban J connectivity index is 1.00. The van der Waals surface area contributed by atoms with Crippen LogP contribution in [-0.4, -0.2) is 121 Å². The largest absolute Gasteiger partial charge is 0.482 e. The third-order valence-corrected chi connectivity index (χ3v) is 22.5. The van der Waals surface area contributed by atoms with Gasteiger partial charge in [-0.1, -0.05) is 62.5 Å². The zero-order chi connectivity index (χ0) is 58.7. The van der Waals surface area contributed by atoms with Crippen molar-refractivity contribution in [3.63, 3.8) is 0 Å². The molecule has 7 N–H and O–H groups in total. The number of carboxylic acids is 1. The van der Waals surface area contributed by atoms with Crippen LogP contribution < -0.4 is 4.74 Å². The van der Waals surface area contributed by atoms with Gasteiger partial charge in [-0.3, -0.25) is 0 Å². The van der Waals surface area contributed by atoms with E-state index in [-0.39, 0.29) is 92.0 Å². The van der Waals surface area contributed by atoms with Crippen molar-refractivity contribution in [1.82, 2.24) is 4.57 Å². The van der Waals surface area contributed by atoms with Crippen LogP contribution in [0.5, 0.6) is 5.75 Å². The second kappa shape index (κ2) is 23.7. The third-order valence-electron chi connectivity index (χ3n) is 22.5. The molecule has 4 aliphatic heterocycles. The van der Waals surface area contributed by atoms with Crippen LogP contribution in [0, 0.1) is 75.6 Å². The summed E-state index contributed by atoms with van der Waals surface area (Å²) >= 11 is 0. The molecule has 15 nitrogen and oxygen atoms in total. The number of fused-ring (bicyclic) bond motifs is 9. The lowest BCUT2D eigenvalue weighted by Crippen LogP contribution is -2.71. The Morgan fingerprint density at radius 1 is 1.01 bits per heavy atom. The molecule has 6 aliphatic carbocycles. The van der Waals surface area contributed by atoms with Gasteiger partial charge in [-0.2, -0.15) is 5.26 Å². The van der Waals surface area contributed by atoms with E-state index in [2.05, 4.69) is 37.7 Å². The molecule has 84 heavy (non-hydrogen) atoms. The number of aromatic nitrogens is 1. The number of aromatic carboxylic acids is 1. The van der Waals surface area contributed by atoms with Crippen LogP contribution in [0.4, 0.5) is 0 Å². The Hall–Kier alpha value is -5.46. The predicted octanol–water partition coefficient (Wildman–Crippen LogP) is 9.23. The molecule has 450 valence electrons. The number of allylic oxidation sites excluding steroid dienone is 5. The van der Waals surface area contributed by atoms with E-state index in [9.17, 15) is 45.8 Å². The Bertz CT molecular complexity index is 3100. The summed E-state index contributed by atoms with van der Waals surface area (Å²) in [6.07, 6.45) is 15.3. The highest BCUT2D eigenvalue weighted by Gasteiger charge is 2.76. The summed E-state index contributed by atoms with van der Waals surface area (Å²) in [5.74, 6) is 2.88. The first-order valence-electron chi connectivity index (χ1n) is 31.4. The number of hydrogen-bond donors (Lipinski definition) is 7. The van der Waals surface area contributed by atoms with Gasteiger partial charge in [0.05, 0.1) is 42.1 Å². The van der Waals surface area contributed by atoms with Crippen molar-refractivity contribution in [2.75, 3.05) is 26.9 Å². The third kappa shape index (κ3) is 9.85. The van der Waals surface area contributed by atoms with Crippen molar-refractivity contribution < 1.29 is 64.2 Å². The van der Waals surface area contributed by atoms with Gasteiger partial charge in [-0.15, -0.1) is 6.58 Å². The quantitative estimate of drug-likeness (QED) is 0.0438. The Kier molecular flexibility index (Phi) is 16.6. The fourth-order valence-electron chi connectivity index (χ4n) is 19.3. The van der Waals surface area contributed by atoms with E-state index in [4.69, 9.17) is 23.7 Å². The maximum Gasteiger partial charge on any atom is 0.335 e. The molecule has 2 aromatic carbocycles. The molecule has 19 atom stereocenters. The second-order valence-corrected chi connectivity index (χ2v) is 26.7. The Morgan fingerprint density at radius 2 is 1.85 bits per heavy atom. The van der Waals surface area contributed by atoms with Gasteiger partial charge < -0.3 is 64.0 Å². The molecule has 4 saturated carbocycles. The first kappa shape index (κ1) is 58.9. The van der Waals surface area contributed by atoms with Crippen LogP contribution in [0.25, 0.3) is 0 Å². The highest BCUT2D eigenvalue weighted by Crippen LogP contribution is 2.78. The Morgan fingerprint density at radius 3 is 2.58 bits per heavy atom. The lowest BCUT2D eigenvalue weighted by atomic mass is 9.43. The molecule has 5 bridgehead atoms. The monoisotopic (exact) mass is 1150 g/mol. The number of aliphatic hydroxyl groups is 6. The van der Waals surface area contributed by atoms with Crippen molar-refractivity contribution in [3.05, 3.63) is 124 Å². The highest BCUT2D eigenvalue weighted by atomic mass is 16.7. The van der Waals surface area contributed by atoms with Gasteiger partial charge in [0.2, 0.25) is 6.29 Å². The first-order chi connectivity index (χ1) is 40.7. The highest BCUT2D eigenvalue weighted by molar-refractivity contribution is 5.87. The summed E-state index contributed by atoms with van der Waals surface area (Å²) in [6, 6.07) is 16.7. The summed E-state index contributed by atoms with van der Waals surface area (Å²) in [4.78, 5) is 12.1. The molecule has 3 spiro atoms. The van der Waals surface area contributed by atoms with E-state index in [1.54, 1.807) is 37.7 Å². The standard InChI is InChI=1S/C69H86N2O13/c1-4-6-11-44-17-20-46-30-48-33-66(40-67(79)34-53-52(43-15-18-45(19-16-43)64(77)78)24-22-50-12-7-26-68(50,53)62(48)67)54-35-69(84-60(44)58(46)66)63(76)59(75)61(57(14-8-28-72)81-29-9-13-56(54)74)83-65(69)82-51-23-21-42(10-5-2)47(32-51)31-49(39-80-3)55(38-73)71-27-25-41(36-70)37-71/h5,15-16,18-19,21,23,25,27,30,32,37,44,48-50,52-57,59,61-63,65,72-76,79H,2,4,6-8,10-14,17,20,22,24,26,28,31,33-35,38-40H2,1,3H3,(H,77,78). The van der Waals surface area contributed by atoms with Crippen LogP contribution in [0.2, 0.25) is 0 Å². The number of carboxylic acid groups (broad SMARTS) is 1. The van der Waals surface area contributed by atoms with Crippen molar-refractivity contribution in [2.45, 2.75) is 189 Å². The summed E-state index contributed by atoms with van der Waals surface area (Å²) in [6.45, 7) is 6.16. The van der Waals surface area contributed by atoms with Crippen LogP contribution in [0.15, 0.2) is 96.6 Å². The number of aliphatic hydroxyl groups excluding tert-OH is 5. The summed E-state index contributed by atoms with van der Waals surface area (Å²) < 4.78 is 36.3. The van der Waals surface area contributed by atoms with E-state index >= 15 is 0 Å². The average Bonchev–Trinajstić information content (AvgIpc) is 1.52. The molecule has 10 aliphatic rings. The topological polar surface area (TPSA) is 234 Å². The SMILES string of the molecule is C=CCc1ccc(OC2OC3C(CCCO)OC#CCC(O)C4CC2(OC2=C5C(=CC6CC54CC4(O)CC5C(c7ccc(C(=O)O)cc7)CCC7CCCC75C64)CCC2CCCC)C(O)C3O)cc1CC(COC)C(CO)n1ccc(C#N)c1. The van der Waals surface area contributed by atoms with Gasteiger partial charge in [0, 0.05) is 62.1 Å². The molecule has 3 aromatic rings. The molecule has 1 saturated heterocycles. The number of carbonyl (C=O) groups is 1. The van der Waals surface area contributed by atoms with Gasteiger partial charge in [0.25, 0.3) is 0 Å². The van der Waals surface area contributed by atoms with E-state index in [1.165, 1.54) is 5.57 Å². The number of nitriles is 1. The minimum absolute atomic E-state index is 0.0192. The van der Waals surface area contributed by atoms with Crippen molar-refractivity contribution in [1.29, 1.82) is 5.26 Å². The smallest absolute Gasteiger partial charge is 0.335 e. The number of hydrogen-bond acceptors (Lipinski definition) is 13. The van der Waals surface area contributed by atoms with Crippen LogP contribution in [0.3, 0.4) is 0 Å². The number of rotatable bonds is 19. The first-order valence-corrected chi connectivity index (χ1v) is 31.4. The molecule has 5 fully saturated rings. The normalized spacial score (nSPS) is 37.8. The van der Waals surface area contributed by atoms with Gasteiger partial charge in [0.15, 0.2) is 5.60 Å². The number of unbranched alkanes of at least 4 members (excludes halogenated alkanes) is 1. The molecular formula is C69H86N2O13. The van der Waals surface area contributed by atoms with Gasteiger partial charge in [-0.25, -0.2) is 4.79 Å². The van der Waals surface area contributed by atoms with E-state index in [0.717, 1.165) is 92.2 Å². The molecular weight excluding hydrogens is 1060 g/mol. The molecule has 15 heteroatoms. The molecule has 0 radical (unpaired) electrons. The zero-order valence-corrected chi connectivity index (χ0v) is 48.8. The summed E-state index contributed by atoms with van der Waals surface area (Å²) in [5.41, 5.74) is 1.86. The Labute approximate surface area is 494 Å². The van der Waals surface area contributed by atoms with E-state index in [1.807, 2.05) is 41.0 Å². The maximum atomic E-state index is 14.3. The average molecular weight is 1150 g/mol. The molecule has 0 amide bonds. The molecule has 13 rings (SSSR count). The van der Waals surface area contributed by atoms with Crippen LogP contribution in [0.1, 0.15) is 161 Å². The van der Waals surface area contributed by atoms with E-state index in [0.29, 0.717) is 49.3 Å². The predicted molar refractivity (Wildman–Crippen MR) is 312 cm³/mol. The second-order valence-electron chi connectivity index (χ2n) is 26.7. The van der Waals surface area contributed by atoms with Crippen molar-refractivity contribution in [2.24, 2.45) is 52.3 Å². The number of methoxy groups -OCH3 is 1. The number of benzene rings is 2. The maximum absolute atomic E-state index is 14.3. The fourth-order valence-corrected chi connectivity index (χ4v) is 19.3. The van der Waals surface area contributed by atoms with Crippen molar-refractivity contribution in [3.8, 4) is 23.8 Å². The number of ether oxygens (including phenoxy) is 5. The van der Waals surface area contributed by atoms with Crippen LogP contribution >= 0.6 is 0 Å². The lowest BCUT2D eigenvalue weighted by Gasteiger charge is -2.61. The minimum Gasteiger partial charge on any atom is -0.482 e. The summed E-state index contributed by atoms with van der Waals surface area (Å²) in [5, 5.41) is 94.7. The summed E-state index contributed by atoms with van der Waals surface area (Å²) in [7, 11) is 1.62. The number of nitrogens with zero attached hydrogens (tertiary/aromatic N) is 2. The minimum atomic E-state index is -1.86. The molecule has 5 heterocycles. The van der Waals surface area contributed by atoms with Gasteiger partial charge >= 0.3 is 5.97 Å².